The summed E-state index contributed by atoms with van der Waals surface area (Å²) in [6.07, 6.45) is 3.46. The van der Waals surface area contributed by atoms with Crippen molar-refractivity contribution in [3.63, 3.8) is 0 Å². The number of nitrogens with zero attached hydrogens (tertiary/aromatic N) is 3. The molecule has 0 aliphatic carbocycles. The van der Waals surface area contributed by atoms with Crippen LogP contribution in [0, 0.1) is 6.92 Å². The van der Waals surface area contributed by atoms with Gasteiger partial charge in [0.05, 0.1) is 27.4 Å². The molecule has 8 nitrogen and oxygen atoms in total. The SMILES string of the molecule is Cc1nn(C)c(O)c1C(=O)c1ccc(S(C)(=O)=O)c(-c2cnco2)c1Cl. The van der Waals surface area contributed by atoms with Gasteiger partial charge in [-0.1, -0.05) is 11.6 Å². The van der Waals surface area contributed by atoms with Gasteiger partial charge in [-0.25, -0.2) is 18.1 Å². The highest BCUT2D eigenvalue weighted by molar-refractivity contribution is 7.90. The second kappa shape index (κ2) is 6.26. The van der Waals surface area contributed by atoms with Gasteiger partial charge in [0.15, 0.2) is 22.0 Å². The molecule has 0 amide bonds. The van der Waals surface area contributed by atoms with Gasteiger partial charge in [0.2, 0.25) is 11.7 Å². The first-order valence-electron chi connectivity index (χ1n) is 7.31. The summed E-state index contributed by atoms with van der Waals surface area (Å²) in [6, 6.07) is 2.57. The van der Waals surface area contributed by atoms with Crippen molar-refractivity contribution in [1.82, 2.24) is 14.8 Å². The molecule has 0 aliphatic rings. The number of hydrogen-bond acceptors (Lipinski definition) is 7. The van der Waals surface area contributed by atoms with Crippen LogP contribution in [0.5, 0.6) is 5.88 Å². The van der Waals surface area contributed by atoms with Crippen LogP contribution in [0.3, 0.4) is 0 Å². The molecule has 0 fully saturated rings. The number of benzene rings is 1. The highest BCUT2D eigenvalue weighted by Gasteiger charge is 2.28. The molecular weight excluding hydrogens is 382 g/mol. The Morgan fingerprint density at radius 1 is 1.35 bits per heavy atom. The average molecular weight is 396 g/mol. The molecule has 0 atom stereocenters. The lowest BCUT2D eigenvalue weighted by Crippen LogP contribution is -2.07. The smallest absolute Gasteiger partial charge is 0.220 e. The molecule has 2 heterocycles. The van der Waals surface area contributed by atoms with Crippen LogP contribution in [-0.4, -0.2) is 40.3 Å². The van der Waals surface area contributed by atoms with Gasteiger partial charge in [0.25, 0.3) is 0 Å². The zero-order valence-electron chi connectivity index (χ0n) is 14.0. The summed E-state index contributed by atoms with van der Waals surface area (Å²) in [7, 11) is -2.16. The molecule has 0 radical (unpaired) electrons. The van der Waals surface area contributed by atoms with Gasteiger partial charge < -0.3 is 9.52 Å². The molecule has 2 aromatic heterocycles. The van der Waals surface area contributed by atoms with E-state index in [4.69, 9.17) is 16.0 Å². The van der Waals surface area contributed by atoms with Crippen LogP contribution in [-0.2, 0) is 16.9 Å². The lowest BCUT2D eigenvalue weighted by molar-refractivity contribution is 0.103. The molecule has 0 bridgehead atoms. The molecule has 1 N–H and O–H groups in total. The van der Waals surface area contributed by atoms with E-state index in [0.717, 1.165) is 12.6 Å². The molecule has 0 spiro atoms. The maximum atomic E-state index is 12.9. The van der Waals surface area contributed by atoms with E-state index >= 15 is 0 Å². The average Bonchev–Trinajstić information content (AvgIpc) is 3.14. The number of halogens is 1. The second-order valence-corrected chi connectivity index (χ2v) is 8.04. The minimum Gasteiger partial charge on any atom is -0.493 e. The van der Waals surface area contributed by atoms with E-state index in [1.807, 2.05) is 0 Å². The fourth-order valence-corrected chi connectivity index (χ4v) is 3.95. The van der Waals surface area contributed by atoms with Crippen molar-refractivity contribution >= 4 is 27.2 Å². The van der Waals surface area contributed by atoms with Crippen molar-refractivity contribution in [2.24, 2.45) is 7.05 Å². The largest absolute Gasteiger partial charge is 0.493 e. The molecule has 3 aromatic rings. The molecule has 0 saturated heterocycles. The van der Waals surface area contributed by atoms with Crippen LogP contribution in [0.4, 0.5) is 0 Å². The minimum atomic E-state index is -3.65. The monoisotopic (exact) mass is 395 g/mol. The van der Waals surface area contributed by atoms with E-state index in [1.54, 1.807) is 6.92 Å². The Bertz CT molecular complexity index is 1120. The van der Waals surface area contributed by atoms with Crippen LogP contribution in [0.15, 0.2) is 34.0 Å². The number of ketones is 1. The highest BCUT2D eigenvalue weighted by atomic mass is 35.5. The molecule has 3 rings (SSSR count). The molecule has 10 heteroatoms. The van der Waals surface area contributed by atoms with Crippen molar-refractivity contribution in [2.45, 2.75) is 11.8 Å². The molecule has 0 unspecified atom stereocenters. The zero-order valence-corrected chi connectivity index (χ0v) is 15.6. The summed E-state index contributed by atoms with van der Waals surface area (Å²) in [5.41, 5.74) is 0.361. The molecule has 0 aliphatic heterocycles. The Kier molecular flexibility index (Phi) is 4.37. The van der Waals surface area contributed by atoms with E-state index in [-0.39, 0.29) is 38.2 Å². The molecule has 0 saturated carbocycles. The predicted molar refractivity (Wildman–Crippen MR) is 93.1 cm³/mol. The number of carbonyl (C=O) groups excluding carboxylic acids is 1. The normalized spacial score (nSPS) is 11.7. The standard InChI is InChI=1S/C16H14ClN3O5S/c1-8-12(16(22)20(2)19-8)15(21)9-4-5-11(26(3,23)24)13(14(9)17)10-6-18-7-25-10/h4-7,22H,1-3H3. The number of sulfone groups is 1. The minimum absolute atomic E-state index is 0.00924. The zero-order chi connectivity index (χ0) is 19.2. The lowest BCUT2D eigenvalue weighted by Gasteiger charge is -2.11. The fraction of sp³-hybridized carbons (Fsp3) is 0.188. The van der Waals surface area contributed by atoms with E-state index in [2.05, 4.69) is 10.1 Å². The third-order valence-corrected chi connectivity index (χ3v) is 5.38. The maximum absolute atomic E-state index is 12.9. The van der Waals surface area contributed by atoms with Gasteiger partial charge >= 0.3 is 0 Å². The number of rotatable bonds is 4. The Labute approximate surface area is 154 Å². The van der Waals surface area contributed by atoms with Crippen LogP contribution in [0.25, 0.3) is 11.3 Å². The van der Waals surface area contributed by atoms with Crippen molar-refractivity contribution in [3.8, 4) is 17.2 Å². The van der Waals surface area contributed by atoms with Crippen LogP contribution < -0.4 is 0 Å². The first kappa shape index (κ1) is 18.2. The van der Waals surface area contributed by atoms with Gasteiger partial charge in [-0.05, 0) is 19.1 Å². The van der Waals surface area contributed by atoms with Gasteiger partial charge in [-0.15, -0.1) is 0 Å². The van der Waals surface area contributed by atoms with E-state index in [1.165, 1.54) is 30.1 Å². The van der Waals surface area contributed by atoms with Crippen LogP contribution in [0.2, 0.25) is 5.02 Å². The third kappa shape index (κ3) is 2.89. The summed E-state index contributed by atoms with van der Waals surface area (Å²) in [5, 5.41) is 14.0. The molecule has 1 aromatic carbocycles. The van der Waals surface area contributed by atoms with Crippen LogP contribution in [0.1, 0.15) is 21.6 Å². The molecule has 26 heavy (non-hydrogen) atoms. The van der Waals surface area contributed by atoms with Gasteiger partial charge in [-0.3, -0.25) is 4.79 Å². The molecular formula is C16H14ClN3O5S. The number of hydrogen-bond donors (Lipinski definition) is 1. The number of aromatic nitrogens is 3. The summed E-state index contributed by atoms with van der Waals surface area (Å²) in [5.74, 6) is -0.784. The summed E-state index contributed by atoms with van der Waals surface area (Å²) in [4.78, 5) is 16.6. The van der Waals surface area contributed by atoms with Crippen molar-refractivity contribution < 1.29 is 22.7 Å². The third-order valence-electron chi connectivity index (χ3n) is 3.85. The topological polar surface area (TPSA) is 115 Å². The number of aryl methyl sites for hydroxylation is 2. The lowest BCUT2D eigenvalue weighted by atomic mass is 10.0. The quantitative estimate of drug-likeness (QED) is 0.674. The van der Waals surface area contributed by atoms with Gasteiger partial charge in [0.1, 0.15) is 5.56 Å². The predicted octanol–water partition coefficient (Wildman–Crippen LogP) is 2.38. The Morgan fingerprint density at radius 3 is 2.54 bits per heavy atom. The van der Waals surface area contributed by atoms with E-state index < -0.39 is 15.6 Å². The second-order valence-electron chi connectivity index (χ2n) is 5.67. The van der Waals surface area contributed by atoms with Crippen molar-refractivity contribution in [2.75, 3.05) is 6.26 Å². The summed E-state index contributed by atoms with van der Waals surface area (Å²) >= 11 is 6.39. The Hall–Kier alpha value is -2.65. The van der Waals surface area contributed by atoms with Gasteiger partial charge in [-0.2, -0.15) is 5.10 Å². The highest BCUT2D eigenvalue weighted by Crippen LogP contribution is 2.38. The summed E-state index contributed by atoms with van der Waals surface area (Å²) in [6.45, 7) is 1.57. The first-order valence-corrected chi connectivity index (χ1v) is 9.58. The number of carbonyl (C=O) groups is 1. The Morgan fingerprint density at radius 2 is 2.04 bits per heavy atom. The maximum Gasteiger partial charge on any atom is 0.220 e. The fourth-order valence-electron chi connectivity index (χ4n) is 2.66. The van der Waals surface area contributed by atoms with E-state index in [0.29, 0.717) is 5.69 Å². The number of aromatic hydroxyl groups is 1. The number of oxazole rings is 1. The summed E-state index contributed by atoms with van der Waals surface area (Å²) < 4.78 is 30.6. The Balaban J connectivity index is 2.28. The van der Waals surface area contributed by atoms with Gasteiger partial charge in [0, 0.05) is 18.9 Å². The first-order chi connectivity index (χ1) is 12.1. The van der Waals surface area contributed by atoms with E-state index in [9.17, 15) is 18.3 Å². The van der Waals surface area contributed by atoms with Crippen molar-refractivity contribution in [3.05, 3.63) is 46.6 Å². The molecule has 136 valence electrons. The van der Waals surface area contributed by atoms with Crippen LogP contribution >= 0.6 is 11.6 Å². The van der Waals surface area contributed by atoms with Crippen molar-refractivity contribution in [1.29, 1.82) is 0 Å².